The second-order valence-electron chi connectivity index (χ2n) is 5.00. The molecule has 0 N–H and O–H groups in total. The molecule has 2 aromatic carbocycles. The van der Waals surface area contributed by atoms with Gasteiger partial charge in [0.2, 0.25) is 4.80 Å². The number of hydrogen-bond acceptors (Lipinski definition) is 4. The van der Waals surface area contributed by atoms with Crippen LogP contribution in [0.25, 0.3) is 10.2 Å². The third-order valence-corrected chi connectivity index (χ3v) is 5.88. The molecule has 0 radical (unpaired) electrons. The van der Waals surface area contributed by atoms with Crippen LogP contribution in [0.1, 0.15) is 0 Å². The lowest BCUT2D eigenvalue weighted by molar-refractivity contribution is 0.415. The van der Waals surface area contributed by atoms with E-state index in [1.807, 2.05) is 22.8 Å². The third-order valence-electron chi connectivity index (χ3n) is 3.44. The number of methoxy groups -OCH3 is 1. The average Bonchev–Trinajstić information content (AvgIpc) is 2.92. The molecular weight excluding hydrogens is 344 g/mol. The number of benzene rings is 2. The van der Waals surface area contributed by atoms with E-state index in [2.05, 4.69) is 11.0 Å². The van der Waals surface area contributed by atoms with E-state index in [0.717, 1.165) is 10.2 Å². The van der Waals surface area contributed by atoms with Crippen molar-refractivity contribution in [2.24, 2.45) is 4.40 Å². The Balaban J connectivity index is 2.24. The van der Waals surface area contributed by atoms with Gasteiger partial charge in [-0.05, 0) is 30.3 Å². The summed E-state index contributed by atoms with van der Waals surface area (Å²) in [5.41, 5.74) is 0.891. The number of aromatic nitrogens is 1. The van der Waals surface area contributed by atoms with Crippen LogP contribution < -0.4 is 9.54 Å². The number of thiazole rings is 1. The van der Waals surface area contributed by atoms with Gasteiger partial charge in [0.15, 0.2) is 0 Å². The zero-order valence-corrected chi connectivity index (χ0v) is 14.7. The molecule has 0 saturated heterocycles. The van der Waals surface area contributed by atoms with Gasteiger partial charge in [0.05, 0.1) is 22.2 Å². The largest absolute Gasteiger partial charge is 0.497 e. The van der Waals surface area contributed by atoms with Gasteiger partial charge in [-0.25, -0.2) is 0 Å². The van der Waals surface area contributed by atoms with Crippen molar-refractivity contribution >= 4 is 31.6 Å². The molecule has 5 nitrogen and oxygen atoms in total. The van der Waals surface area contributed by atoms with E-state index < -0.39 is 10.0 Å². The van der Waals surface area contributed by atoms with E-state index in [1.165, 1.54) is 23.5 Å². The van der Waals surface area contributed by atoms with Gasteiger partial charge >= 0.3 is 0 Å². The van der Waals surface area contributed by atoms with Gasteiger partial charge < -0.3 is 9.30 Å². The molecule has 0 bridgehead atoms. The number of hydrogen-bond donors (Lipinski definition) is 0. The highest BCUT2D eigenvalue weighted by atomic mass is 32.2. The van der Waals surface area contributed by atoms with Gasteiger partial charge in [0, 0.05) is 6.54 Å². The fourth-order valence-electron chi connectivity index (χ4n) is 2.30. The third kappa shape index (κ3) is 3.13. The molecule has 7 heteroatoms. The molecular formula is C17H16N2O3S2. The van der Waals surface area contributed by atoms with Crippen LogP contribution in [0.4, 0.5) is 0 Å². The van der Waals surface area contributed by atoms with E-state index in [9.17, 15) is 8.42 Å². The highest BCUT2D eigenvalue weighted by molar-refractivity contribution is 7.90. The topological polar surface area (TPSA) is 60.7 Å². The van der Waals surface area contributed by atoms with E-state index >= 15 is 0 Å². The fourth-order valence-corrected chi connectivity index (χ4v) is 4.60. The Morgan fingerprint density at radius 3 is 2.67 bits per heavy atom. The minimum atomic E-state index is -3.77. The summed E-state index contributed by atoms with van der Waals surface area (Å²) in [6.07, 6.45) is 1.71. The molecule has 124 valence electrons. The van der Waals surface area contributed by atoms with Crippen LogP contribution in [-0.4, -0.2) is 20.1 Å². The van der Waals surface area contributed by atoms with Crippen LogP contribution in [0.15, 0.2) is 70.5 Å². The van der Waals surface area contributed by atoms with E-state index in [1.54, 1.807) is 31.4 Å². The molecule has 0 saturated carbocycles. The Morgan fingerprint density at radius 2 is 2.00 bits per heavy atom. The van der Waals surface area contributed by atoms with Gasteiger partial charge in [0.25, 0.3) is 10.0 Å². The summed E-state index contributed by atoms with van der Waals surface area (Å²) in [4.78, 5) is 0.576. The molecule has 0 aliphatic heterocycles. The monoisotopic (exact) mass is 360 g/mol. The fraction of sp³-hybridized carbons (Fsp3) is 0.118. The van der Waals surface area contributed by atoms with Crippen molar-refractivity contribution in [2.45, 2.75) is 11.4 Å². The molecule has 0 atom stereocenters. The predicted molar refractivity (Wildman–Crippen MR) is 95.8 cm³/mol. The van der Waals surface area contributed by atoms with Gasteiger partial charge in [-0.3, -0.25) is 0 Å². The van der Waals surface area contributed by atoms with Crippen LogP contribution >= 0.6 is 11.3 Å². The zero-order chi connectivity index (χ0) is 17.2. The normalized spacial score (nSPS) is 12.5. The Kier molecular flexibility index (Phi) is 4.55. The molecule has 1 aromatic heterocycles. The molecule has 0 unspecified atom stereocenters. The van der Waals surface area contributed by atoms with Gasteiger partial charge in [-0.1, -0.05) is 35.6 Å². The predicted octanol–water partition coefficient (Wildman–Crippen LogP) is 3.19. The first kappa shape index (κ1) is 16.5. The first-order chi connectivity index (χ1) is 11.5. The van der Waals surface area contributed by atoms with Crippen molar-refractivity contribution < 1.29 is 13.2 Å². The SMILES string of the molecule is C=CCn1c(=NS(=O)(=O)c2ccccc2)sc2cc(OC)ccc21. The van der Waals surface area contributed by atoms with Crippen LogP contribution in [0.3, 0.4) is 0 Å². The Labute approximate surface area is 144 Å². The maximum absolute atomic E-state index is 12.5. The first-order valence-electron chi connectivity index (χ1n) is 7.19. The molecule has 3 aromatic rings. The average molecular weight is 360 g/mol. The van der Waals surface area contributed by atoms with Crippen molar-refractivity contribution in [3.8, 4) is 5.75 Å². The summed E-state index contributed by atoms with van der Waals surface area (Å²) >= 11 is 1.30. The summed E-state index contributed by atoms with van der Waals surface area (Å²) in [6, 6.07) is 13.8. The molecule has 24 heavy (non-hydrogen) atoms. The lowest BCUT2D eigenvalue weighted by atomic mass is 10.3. The summed E-state index contributed by atoms with van der Waals surface area (Å²) < 4.78 is 37.1. The van der Waals surface area contributed by atoms with Crippen LogP contribution in [0.5, 0.6) is 5.75 Å². The van der Waals surface area contributed by atoms with Gasteiger partial charge in [-0.2, -0.15) is 8.42 Å². The highest BCUT2D eigenvalue weighted by Gasteiger charge is 2.14. The molecule has 0 aliphatic rings. The minimum absolute atomic E-state index is 0.171. The quantitative estimate of drug-likeness (QED) is 0.657. The summed E-state index contributed by atoms with van der Waals surface area (Å²) in [7, 11) is -2.17. The van der Waals surface area contributed by atoms with E-state index in [-0.39, 0.29) is 4.90 Å². The van der Waals surface area contributed by atoms with Crippen LogP contribution in [0, 0.1) is 0 Å². The lowest BCUT2D eigenvalue weighted by Gasteiger charge is -2.03. The lowest BCUT2D eigenvalue weighted by Crippen LogP contribution is -2.16. The highest BCUT2D eigenvalue weighted by Crippen LogP contribution is 2.23. The molecule has 0 amide bonds. The number of ether oxygens (including phenoxy) is 1. The summed E-state index contributed by atoms with van der Waals surface area (Å²) in [5, 5.41) is 0. The van der Waals surface area contributed by atoms with Crippen molar-refractivity contribution in [3.63, 3.8) is 0 Å². The second kappa shape index (κ2) is 6.62. The zero-order valence-electron chi connectivity index (χ0n) is 13.0. The van der Waals surface area contributed by atoms with Crippen molar-refractivity contribution in [3.05, 3.63) is 66.0 Å². The van der Waals surface area contributed by atoms with E-state index in [4.69, 9.17) is 4.74 Å². The number of rotatable bonds is 5. The van der Waals surface area contributed by atoms with Crippen molar-refractivity contribution in [2.75, 3.05) is 7.11 Å². The molecule has 0 aliphatic carbocycles. The van der Waals surface area contributed by atoms with Gasteiger partial charge in [0.1, 0.15) is 5.75 Å². The number of fused-ring (bicyclic) bond motifs is 1. The molecule has 0 spiro atoms. The number of sulfonamides is 1. The standard InChI is InChI=1S/C17H16N2O3S2/c1-3-11-19-15-10-9-13(22-2)12-16(15)23-17(19)18-24(20,21)14-7-5-4-6-8-14/h3-10,12H,1,11H2,2H3. The van der Waals surface area contributed by atoms with Crippen molar-refractivity contribution in [1.29, 1.82) is 0 Å². The number of nitrogens with zero attached hydrogens (tertiary/aromatic N) is 2. The number of allylic oxidation sites excluding steroid dienone is 1. The minimum Gasteiger partial charge on any atom is -0.497 e. The Morgan fingerprint density at radius 1 is 1.25 bits per heavy atom. The molecule has 0 fully saturated rings. The van der Waals surface area contributed by atoms with Crippen LogP contribution in [-0.2, 0) is 16.6 Å². The maximum Gasteiger partial charge on any atom is 0.285 e. The second-order valence-corrected chi connectivity index (χ2v) is 7.61. The first-order valence-corrected chi connectivity index (χ1v) is 9.45. The summed E-state index contributed by atoms with van der Waals surface area (Å²) in [5.74, 6) is 0.715. The maximum atomic E-state index is 12.5. The van der Waals surface area contributed by atoms with E-state index in [0.29, 0.717) is 17.1 Å². The van der Waals surface area contributed by atoms with Crippen LogP contribution in [0.2, 0.25) is 0 Å². The van der Waals surface area contributed by atoms with Gasteiger partial charge in [-0.15, -0.1) is 11.0 Å². The Hall–Kier alpha value is -2.38. The smallest absolute Gasteiger partial charge is 0.285 e. The Bertz CT molecular complexity index is 1050. The van der Waals surface area contributed by atoms with Crippen molar-refractivity contribution in [1.82, 2.24) is 4.57 Å². The molecule has 1 heterocycles. The summed E-state index contributed by atoms with van der Waals surface area (Å²) in [6.45, 7) is 4.21. The molecule has 3 rings (SSSR count).